The molecule has 4 nitrogen and oxygen atoms in total. The van der Waals surface area contributed by atoms with Gasteiger partial charge >= 0.3 is 0 Å². The fraction of sp³-hybridized carbons (Fsp3) is 0.0769. The average Bonchev–Trinajstić information content (AvgIpc) is 2.41. The molecule has 3 N–H and O–H groups in total. The zero-order valence-electron chi connectivity index (χ0n) is 9.82. The molecule has 0 bridgehead atoms. The number of hydrogen-bond donors (Lipinski definition) is 2. The van der Waals surface area contributed by atoms with Crippen LogP contribution in [0.3, 0.4) is 0 Å². The van der Waals surface area contributed by atoms with Crippen molar-refractivity contribution in [3.05, 3.63) is 52.4 Å². The van der Waals surface area contributed by atoms with Crippen molar-refractivity contribution >= 4 is 23.1 Å². The van der Waals surface area contributed by atoms with Crippen molar-refractivity contribution in [1.82, 2.24) is 4.98 Å². The zero-order valence-corrected chi connectivity index (χ0v) is 10.6. The molecule has 2 rings (SSSR count). The Kier molecular flexibility index (Phi) is 3.83. The predicted octanol–water partition coefficient (Wildman–Crippen LogP) is 2.94. The molecule has 1 aromatic heterocycles. The van der Waals surface area contributed by atoms with Gasteiger partial charge in [-0.15, -0.1) is 0 Å². The average molecular weight is 277 g/mol. The highest BCUT2D eigenvalue weighted by atomic mass is 35.5. The Hall–Kier alpha value is -2.32. The summed E-state index contributed by atoms with van der Waals surface area (Å²) < 4.78 is 13.0. The summed E-state index contributed by atoms with van der Waals surface area (Å²) in [6.45, 7) is 0.406. The molecule has 0 unspecified atom stereocenters. The molecule has 1 heterocycles. The molecule has 0 aliphatic rings. The van der Waals surface area contributed by atoms with Crippen LogP contribution in [0.1, 0.15) is 11.1 Å². The molecule has 1 aromatic carbocycles. The summed E-state index contributed by atoms with van der Waals surface area (Å²) in [6, 6.07) is 7.94. The van der Waals surface area contributed by atoms with Gasteiger partial charge in [-0.3, -0.25) is 0 Å². The van der Waals surface area contributed by atoms with Crippen LogP contribution < -0.4 is 11.1 Å². The molecule has 0 atom stereocenters. The minimum atomic E-state index is -0.457. The Morgan fingerprint density at radius 1 is 1.42 bits per heavy atom. The quantitative estimate of drug-likeness (QED) is 0.904. The molecule has 0 saturated carbocycles. The van der Waals surface area contributed by atoms with Crippen molar-refractivity contribution in [2.24, 2.45) is 0 Å². The van der Waals surface area contributed by atoms with E-state index in [1.54, 1.807) is 6.07 Å². The number of nitrogens with one attached hydrogen (secondary N) is 1. The third-order valence-electron chi connectivity index (χ3n) is 2.49. The van der Waals surface area contributed by atoms with E-state index < -0.39 is 5.82 Å². The Morgan fingerprint density at radius 2 is 2.21 bits per heavy atom. The lowest BCUT2D eigenvalue weighted by molar-refractivity contribution is 0.627. The standard InChI is InChI=1S/C13H10ClFN4/c14-10-3-8(1-2-11(10)15)6-18-13-12(17)4-9(5-16)7-19-13/h1-4,7H,6,17H2,(H,18,19). The molecule has 0 spiro atoms. The Balaban J connectivity index is 2.10. The van der Waals surface area contributed by atoms with Crippen LogP contribution in [0.25, 0.3) is 0 Å². The molecule has 6 heteroatoms. The van der Waals surface area contributed by atoms with Crippen LogP contribution in [0.2, 0.25) is 5.02 Å². The number of halogens is 2. The van der Waals surface area contributed by atoms with Crippen LogP contribution >= 0.6 is 11.6 Å². The first-order valence-electron chi connectivity index (χ1n) is 5.43. The maximum Gasteiger partial charge on any atom is 0.149 e. The second kappa shape index (κ2) is 5.55. The van der Waals surface area contributed by atoms with Crippen molar-refractivity contribution in [2.45, 2.75) is 6.54 Å². The maximum absolute atomic E-state index is 13.0. The van der Waals surface area contributed by atoms with E-state index in [4.69, 9.17) is 22.6 Å². The molecule has 0 aliphatic heterocycles. The fourth-order valence-corrected chi connectivity index (χ4v) is 1.73. The van der Waals surface area contributed by atoms with Gasteiger partial charge in [0.15, 0.2) is 0 Å². The summed E-state index contributed by atoms with van der Waals surface area (Å²) in [6.07, 6.45) is 1.43. The summed E-state index contributed by atoms with van der Waals surface area (Å²) in [7, 11) is 0. The van der Waals surface area contributed by atoms with Crippen molar-refractivity contribution < 1.29 is 4.39 Å². The Morgan fingerprint density at radius 3 is 2.84 bits per heavy atom. The second-order valence-corrected chi connectivity index (χ2v) is 4.28. The van der Waals surface area contributed by atoms with Crippen molar-refractivity contribution in [3.8, 4) is 6.07 Å². The lowest BCUT2D eigenvalue weighted by Crippen LogP contribution is -2.05. The van der Waals surface area contributed by atoms with Gasteiger partial charge in [-0.25, -0.2) is 9.37 Å². The van der Waals surface area contributed by atoms with Gasteiger partial charge in [0.25, 0.3) is 0 Å². The van der Waals surface area contributed by atoms with Crippen LogP contribution in [0.5, 0.6) is 0 Å². The molecule has 0 radical (unpaired) electrons. The van der Waals surface area contributed by atoms with Gasteiger partial charge in [0.2, 0.25) is 0 Å². The summed E-state index contributed by atoms with van der Waals surface area (Å²) in [5.74, 6) is 0.0147. The summed E-state index contributed by atoms with van der Waals surface area (Å²) in [5.41, 5.74) is 7.33. The van der Waals surface area contributed by atoms with Crippen LogP contribution in [0.4, 0.5) is 15.9 Å². The monoisotopic (exact) mass is 276 g/mol. The largest absolute Gasteiger partial charge is 0.396 e. The number of aromatic nitrogens is 1. The second-order valence-electron chi connectivity index (χ2n) is 3.88. The van der Waals surface area contributed by atoms with Gasteiger partial charge in [0.05, 0.1) is 16.3 Å². The van der Waals surface area contributed by atoms with Crippen molar-refractivity contribution in [1.29, 1.82) is 5.26 Å². The van der Waals surface area contributed by atoms with Gasteiger partial charge in [-0.2, -0.15) is 5.26 Å². The van der Waals surface area contributed by atoms with Crippen LogP contribution in [-0.4, -0.2) is 4.98 Å². The zero-order chi connectivity index (χ0) is 13.8. The number of rotatable bonds is 3. The predicted molar refractivity (Wildman–Crippen MR) is 72.1 cm³/mol. The molecule has 0 amide bonds. The molecular formula is C13H10ClFN4. The SMILES string of the molecule is N#Cc1cnc(NCc2ccc(F)c(Cl)c2)c(N)c1. The van der Waals surface area contributed by atoms with Crippen molar-refractivity contribution in [3.63, 3.8) is 0 Å². The number of benzene rings is 1. The summed E-state index contributed by atoms with van der Waals surface area (Å²) in [4.78, 5) is 4.04. The van der Waals surface area contributed by atoms with Gasteiger partial charge in [-0.05, 0) is 23.8 Å². The first-order valence-corrected chi connectivity index (χ1v) is 5.81. The van der Waals surface area contributed by atoms with E-state index in [0.29, 0.717) is 23.6 Å². The molecule has 0 saturated heterocycles. The number of nitriles is 1. The maximum atomic E-state index is 13.0. The number of anilines is 2. The fourth-order valence-electron chi connectivity index (χ4n) is 1.53. The first kappa shape index (κ1) is 13.1. The number of pyridine rings is 1. The molecule has 0 fully saturated rings. The number of hydrogen-bond acceptors (Lipinski definition) is 4. The highest BCUT2D eigenvalue weighted by molar-refractivity contribution is 6.30. The minimum Gasteiger partial charge on any atom is -0.396 e. The minimum absolute atomic E-state index is 0.0695. The van der Waals surface area contributed by atoms with Crippen LogP contribution in [0.15, 0.2) is 30.5 Å². The van der Waals surface area contributed by atoms with Gasteiger partial charge < -0.3 is 11.1 Å². The van der Waals surface area contributed by atoms with Gasteiger partial charge in [0.1, 0.15) is 17.7 Å². The van der Waals surface area contributed by atoms with E-state index in [1.807, 2.05) is 6.07 Å². The number of nitrogens with zero attached hydrogens (tertiary/aromatic N) is 2. The molecule has 2 aromatic rings. The third-order valence-corrected chi connectivity index (χ3v) is 2.78. The Labute approximate surface area is 114 Å². The summed E-state index contributed by atoms with van der Waals surface area (Å²) >= 11 is 5.69. The number of nitrogens with two attached hydrogens (primary N) is 1. The van der Waals surface area contributed by atoms with Crippen LogP contribution in [-0.2, 0) is 6.54 Å². The van der Waals surface area contributed by atoms with E-state index in [2.05, 4.69) is 10.3 Å². The van der Waals surface area contributed by atoms with E-state index >= 15 is 0 Å². The van der Waals surface area contributed by atoms with E-state index in [0.717, 1.165) is 5.56 Å². The number of nitrogen functional groups attached to an aromatic ring is 1. The van der Waals surface area contributed by atoms with E-state index in [-0.39, 0.29) is 5.02 Å². The topological polar surface area (TPSA) is 74.7 Å². The van der Waals surface area contributed by atoms with E-state index in [1.165, 1.54) is 24.4 Å². The molecular weight excluding hydrogens is 267 g/mol. The molecule has 0 aliphatic carbocycles. The highest BCUT2D eigenvalue weighted by Crippen LogP contribution is 2.19. The van der Waals surface area contributed by atoms with Crippen LogP contribution in [0, 0.1) is 17.1 Å². The van der Waals surface area contributed by atoms with Gasteiger partial charge in [-0.1, -0.05) is 17.7 Å². The smallest absolute Gasteiger partial charge is 0.149 e. The lowest BCUT2D eigenvalue weighted by atomic mass is 10.2. The molecule has 96 valence electrons. The Bertz CT molecular complexity index is 652. The highest BCUT2D eigenvalue weighted by Gasteiger charge is 2.04. The van der Waals surface area contributed by atoms with Crippen molar-refractivity contribution in [2.75, 3.05) is 11.1 Å². The first-order chi connectivity index (χ1) is 9.10. The third kappa shape index (κ3) is 3.12. The normalized spacial score (nSPS) is 9.95. The summed E-state index contributed by atoms with van der Waals surface area (Å²) in [5, 5.41) is 11.8. The molecule has 19 heavy (non-hydrogen) atoms. The van der Waals surface area contributed by atoms with E-state index in [9.17, 15) is 4.39 Å². The van der Waals surface area contributed by atoms with Gasteiger partial charge in [0, 0.05) is 12.7 Å². The lowest BCUT2D eigenvalue weighted by Gasteiger charge is -2.08.